The van der Waals surface area contributed by atoms with Gasteiger partial charge in [-0.2, -0.15) is 13.4 Å². The van der Waals surface area contributed by atoms with Gasteiger partial charge in [0.1, 0.15) is 16.5 Å². The zero-order chi connectivity index (χ0) is 24.4. The van der Waals surface area contributed by atoms with Gasteiger partial charge in [-0.3, -0.25) is 9.72 Å². The van der Waals surface area contributed by atoms with Crippen LogP contribution in [0.25, 0.3) is 5.65 Å². The monoisotopic (exact) mass is 518 g/mol. The maximum absolute atomic E-state index is 13.1. The second-order valence-electron chi connectivity index (χ2n) is 6.55. The minimum absolute atomic E-state index is 0.0166. The predicted octanol–water partition coefficient (Wildman–Crippen LogP) is 1.49. The Bertz CT molecular complexity index is 1420. The Balaban J connectivity index is 2.02. The van der Waals surface area contributed by atoms with Crippen LogP contribution >= 0.6 is 11.6 Å². The topological polar surface area (TPSA) is 171 Å². The molecule has 13 nitrogen and oxygen atoms in total. The average molecular weight is 519 g/mol. The molecule has 16 heteroatoms. The van der Waals surface area contributed by atoms with Gasteiger partial charge in [0, 0.05) is 12.3 Å². The largest absolute Gasteiger partial charge is 0.492 e. The molecule has 3 aromatic rings. The van der Waals surface area contributed by atoms with Crippen LogP contribution in [0.15, 0.2) is 34.4 Å². The molecule has 0 saturated carbocycles. The van der Waals surface area contributed by atoms with Gasteiger partial charge < -0.3 is 9.47 Å². The SMILES string of the molecule is CCCOc1ccc2nc(S(C)(=O)=O)c(S(=O)(=O)NC(=O)Nc3nc(Cl)cc(OC)n3)n2c1. The number of sulfone groups is 1. The number of fused-ring (bicyclic) bond motifs is 1. The number of urea groups is 1. The smallest absolute Gasteiger partial charge is 0.335 e. The van der Waals surface area contributed by atoms with E-state index >= 15 is 0 Å². The van der Waals surface area contributed by atoms with Gasteiger partial charge in [-0.05, 0) is 18.6 Å². The van der Waals surface area contributed by atoms with Crippen molar-refractivity contribution in [2.45, 2.75) is 23.4 Å². The first-order chi connectivity index (χ1) is 15.4. The van der Waals surface area contributed by atoms with E-state index in [1.165, 1.54) is 31.5 Å². The lowest BCUT2D eigenvalue weighted by atomic mass is 10.4. The van der Waals surface area contributed by atoms with Gasteiger partial charge in [-0.1, -0.05) is 18.5 Å². The lowest BCUT2D eigenvalue weighted by molar-refractivity contribution is 0.256. The standard InChI is InChI=1S/C17H19ClN6O7S2/c1-4-7-31-10-5-6-12-20-14(32(3,26)27)15(24(12)9-10)33(28,29)23-17(25)22-16-19-11(18)8-13(21-16)30-2/h5-6,8-9H,4,7H2,1-3H3,(H2,19,21,22,23,25). The number of hydrogen-bond acceptors (Lipinski definition) is 10. The average Bonchev–Trinajstić information content (AvgIpc) is 3.11. The summed E-state index contributed by atoms with van der Waals surface area (Å²) in [6, 6.07) is 2.92. The number of ether oxygens (including phenoxy) is 2. The van der Waals surface area contributed by atoms with Crippen LogP contribution in [0.5, 0.6) is 11.6 Å². The fourth-order valence-corrected chi connectivity index (χ4v) is 5.33. The van der Waals surface area contributed by atoms with E-state index in [-0.39, 0.29) is 28.4 Å². The Labute approximate surface area is 194 Å². The van der Waals surface area contributed by atoms with Gasteiger partial charge in [-0.25, -0.2) is 27.9 Å². The molecule has 178 valence electrons. The van der Waals surface area contributed by atoms with Crippen LogP contribution in [0.2, 0.25) is 5.15 Å². The molecular formula is C17H19ClN6O7S2. The van der Waals surface area contributed by atoms with E-state index in [0.717, 1.165) is 10.7 Å². The molecule has 33 heavy (non-hydrogen) atoms. The lowest BCUT2D eigenvalue weighted by Crippen LogP contribution is -2.36. The van der Waals surface area contributed by atoms with E-state index < -0.39 is 35.9 Å². The molecule has 0 radical (unpaired) electrons. The summed E-state index contributed by atoms with van der Waals surface area (Å²) in [6.07, 6.45) is 2.76. The van der Waals surface area contributed by atoms with Gasteiger partial charge >= 0.3 is 6.03 Å². The molecule has 0 bridgehead atoms. The number of carbonyl (C=O) groups excluding carboxylic acids is 1. The molecule has 0 saturated heterocycles. The van der Waals surface area contributed by atoms with Gasteiger partial charge in [0.05, 0.1) is 19.9 Å². The molecule has 0 atom stereocenters. The highest BCUT2D eigenvalue weighted by molar-refractivity contribution is 7.93. The summed E-state index contributed by atoms with van der Waals surface area (Å²) in [4.78, 5) is 23.8. The quantitative estimate of drug-likeness (QED) is 0.416. The maximum atomic E-state index is 13.1. The maximum Gasteiger partial charge on any atom is 0.335 e. The molecule has 2 N–H and O–H groups in total. The Kier molecular flexibility index (Phi) is 6.94. The Hall–Kier alpha value is -3.17. The first-order valence-corrected chi connectivity index (χ1v) is 13.0. The highest BCUT2D eigenvalue weighted by atomic mass is 35.5. The van der Waals surface area contributed by atoms with Gasteiger partial charge in [0.25, 0.3) is 10.0 Å². The van der Waals surface area contributed by atoms with E-state index in [1.54, 1.807) is 4.72 Å². The number of methoxy groups -OCH3 is 1. The summed E-state index contributed by atoms with van der Waals surface area (Å²) in [7, 11) is -7.55. The normalized spacial score (nSPS) is 11.9. The molecule has 0 aliphatic heterocycles. The minimum atomic E-state index is -4.76. The summed E-state index contributed by atoms with van der Waals surface area (Å²) >= 11 is 5.80. The van der Waals surface area contributed by atoms with E-state index in [0.29, 0.717) is 13.0 Å². The number of aromatic nitrogens is 4. The number of sulfonamides is 1. The van der Waals surface area contributed by atoms with Crippen LogP contribution in [-0.4, -0.2) is 62.2 Å². The summed E-state index contributed by atoms with van der Waals surface area (Å²) in [5.74, 6) is -0.0418. The van der Waals surface area contributed by atoms with Gasteiger partial charge in [0.15, 0.2) is 19.9 Å². The number of nitrogens with zero attached hydrogens (tertiary/aromatic N) is 4. The molecule has 0 unspecified atom stereocenters. The fourth-order valence-electron chi connectivity index (χ4n) is 2.63. The minimum Gasteiger partial charge on any atom is -0.492 e. The molecule has 3 heterocycles. The van der Waals surface area contributed by atoms with Crippen molar-refractivity contribution in [1.29, 1.82) is 0 Å². The number of pyridine rings is 1. The third kappa shape index (κ3) is 5.61. The Morgan fingerprint density at radius 1 is 1.18 bits per heavy atom. The molecule has 0 spiro atoms. The van der Waals surface area contributed by atoms with Crippen molar-refractivity contribution in [3.05, 3.63) is 29.5 Å². The van der Waals surface area contributed by atoms with Crippen molar-refractivity contribution in [1.82, 2.24) is 24.1 Å². The van der Waals surface area contributed by atoms with Crippen molar-refractivity contribution in [2.75, 3.05) is 25.3 Å². The van der Waals surface area contributed by atoms with Crippen LogP contribution in [0.4, 0.5) is 10.7 Å². The van der Waals surface area contributed by atoms with Crippen molar-refractivity contribution in [3.8, 4) is 11.6 Å². The molecule has 2 amide bonds. The van der Waals surface area contributed by atoms with E-state index in [2.05, 4.69) is 20.3 Å². The fraction of sp³-hybridized carbons (Fsp3) is 0.294. The van der Waals surface area contributed by atoms with Crippen molar-refractivity contribution >= 4 is 49.1 Å². The van der Waals surface area contributed by atoms with E-state index in [4.69, 9.17) is 21.1 Å². The molecule has 0 aliphatic carbocycles. The summed E-state index contributed by atoms with van der Waals surface area (Å²) in [5.41, 5.74) is 0.0166. The number of amides is 2. The van der Waals surface area contributed by atoms with Crippen LogP contribution < -0.4 is 19.5 Å². The number of anilines is 1. The van der Waals surface area contributed by atoms with Crippen LogP contribution in [-0.2, 0) is 19.9 Å². The Morgan fingerprint density at radius 3 is 2.55 bits per heavy atom. The van der Waals surface area contributed by atoms with Gasteiger partial charge in [0.2, 0.25) is 11.8 Å². The number of carbonyl (C=O) groups is 1. The van der Waals surface area contributed by atoms with Crippen molar-refractivity contribution < 1.29 is 31.1 Å². The zero-order valence-corrected chi connectivity index (χ0v) is 20.0. The number of nitrogens with one attached hydrogen (secondary N) is 2. The zero-order valence-electron chi connectivity index (χ0n) is 17.6. The number of rotatable bonds is 8. The summed E-state index contributed by atoms with van der Waals surface area (Å²) < 4.78 is 63.8. The van der Waals surface area contributed by atoms with Crippen LogP contribution in [0, 0.1) is 0 Å². The Morgan fingerprint density at radius 2 is 1.91 bits per heavy atom. The van der Waals surface area contributed by atoms with Crippen molar-refractivity contribution in [2.24, 2.45) is 0 Å². The molecule has 3 aromatic heterocycles. The third-order valence-electron chi connectivity index (χ3n) is 3.93. The first kappa shape index (κ1) is 24.5. The number of imidazole rings is 1. The predicted molar refractivity (Wildman–Crippen MR) is 117 cm³/mol. The van der Waals surface area contributed by atoms with Crippen LogP contribution in [0.1, 0.15) is 13.3 Å². The highest BCUT2D eigenvalue weighted by Gasteiger charge is 2.32. The van der Waals surface area contributed by atoms with Crippen molar-refractivity contribution in [3.63, 3.8) is 0 Å². The molecule has 3 rings (SSSR count). The highest BCUT2D eigenvalue weighted by Crippen LogP contribution is 2.25. The molecule has 0 aliphatic rings. The number of halogens is 1. The van der Waals surface area contributed by atoms with E-state index in [1.807, 2.05) is 6.92 Å². The second-order valence-corrected chi connectivity index (χ2v) is 10.5. The van der Waals surface area contributed by atoms with E-state index in [9.17, 15) is 21.6 Å². The molecule has 0 fully saturated rings. The molecular weight excluding hydrogens is 500 g/mol. The van der Waals surface area contributed by atoms with Gasteiger partial charge in [-0.15, -0.1) is 0 Å². The summed E-state index contributed by atoms with van der Waals surface area (Å²) in [5, 5.41) is 0.531. The lowest BCUT2D eigenvalue weighted by Gasteiger charge is -2.10. The second kappa shape index (κ2) is 9.36. The number of hydrogen-bond donors (Lipinski definition) is 2. The summed E-state index contributed by atoms with van der Waals surface area (Å²) in [6.45, 7) is 2.24. The first-order valence-electron chi connectivity index (χ1n) is 9.22. The molecule has 0 aromatic carbocycles. The van der Waals surface area contributed by atoms with Crippen LogP contribution in [0.3, 0.4) is 0 Å². The third-order valence-corrected chi connectivity index (χ3v) is 6.59.